The lowest BCUT2D eigenvalue weighted by Gasteiger charge is -1.85. The van der Waals surface area contributed by atoms with Gasteiger partial charge in [0.2, 0.25) is 16.3 Å². The summed E-state index contributed by atoms with van der Waals surface area (Å²) in [4.78, 5) is 0. The molecule has 0 bridgehead atoms. The fourth-order valence-corrected chi connectivity index (χ4v) is 1.09. The van der Waals surface area contributed by atoms with Crippen molar-refractivity contribution in [1.82, 2.24) is 0 Å². The minimum atomic E-state index is 1.07. The predicted octanol–water partition coefficient (Wildman–Crippen LogP) is 0.748. The molecule has 0 spiro atoms. The van der Waals surface area contributed by atoms with Gasteiger partial charge in [-0.1, -0.05) is 6.42 Å². The first kappa shape index (κ1) is 6.88. The zero-order chi connectivity index (χ0) is 4.83. The van der Waals surface area contributed by atoms with Gasteiger partial charge in [-0.2, -0.15) is 12.6 Å². The molecule has 0 unspecified atom stereocenters. The van der Waals surface area contributed by atoms with E-state index in [1.54, 1.807) is 0 Å². The molecule has 0 nitrogen and oxygen atoms in total. The summed E-state index contributed by atoms with van der Waals surface area (Å²) in [7, 11) is 0. The molecule has 0 N–H and O–H groups in total. The summed E-state index contributed by atoms with van der Waals surface area (Å²) >= 11 is 5.44. The molecule has 0 radical (unpaired) electrons. The van der Waals surface area contributed by atoms with E-state index >= 15 is 0 Å². The van der Waals surface area contributed by atoms with Gasteiger partial charge in [-0.15, -0.1) is 5.28 Å². The summed E-state index contributed by atoms with van der Waals surface area (Å²) in [6.07, 6.45) is 2.71. The van der Waals surface area contributed by atoms with Crippen molar-refractivity contribution in [3.8, 4) is 0 Å². The minimum absolute atomic E-state index is 1.07. The van der Waals surface area contributed by atoms with Crippen LogP contribution in [-0.2, 0) is 0 Å². The quantitative estimate of drug-likeness (QED) is 0.315. The molecule has 0 atom stereocenters. The molecule has 0 saturated carbocycles. The van der Waals surface area contributed by atoms with E-state index in [-0.39, 0.29) is 0 Å². The standard InChI is InChI=1S/C4H9S.Al.2H/c1-2-3-4-5;;;/h5H,1-4H2;;;. The van der Waals surface area contributed by atoms with Crippen molar-refractivity contribution in [2.24, 2.45) is 0 Å². The first-order chi connectivity index (χ1) is 2.91. The summed E-state index contributed by atoms with van der Waals surface area (Å²) in [6.45, 7) is 0. The van der Waals surface area contributed by atoms with Crippen LogP contribution in [0.1, 0.15) is 12.8 Å². The van der Waals surface area contributed by atoms with E-state index in [1.165, 1.54) is 34.4 Å². The lowest BCUT2D eigenvalue weighted by molar-refractivity contribution is 0.897. The molecule has 0 aliphatic carbocycles. The second-order valence-corrected chi connectivity index (χ2v) is 2.88. The highest BCUT2D eigenvalue weighted by molar-refractivity contribution is 7.80. The number of hydrogen-bond donors (Lipinski definition) is 1. The predicted molar refractivity (Wildman–Crippen MR) is 36.4 cm³/mol. The lowest BCUT2D eigenvalue weighted by atomic mass is 10.4. The van der Waals surface area contributed by atoms with Gasteiger partial charge in [0.25, 0.3) is 0 Å². The first-order valence-electron chi connectivity index (χ1n) is 2.52. The smallest absolute Gasteiger partial charge is 0.179 e. The zero-order valence-corrected chi connectivity index (χ0v) is 7.17. The second kappa shape index (κ2) is 5.88. The van der Waals surface area contributed by atoms with Crippen molar-refractivity contribution in [2.75, 3.05) is 5.75 Å². The van der Waals surface area contributed by atoms with E-state index in [4.69, 9.17) is 0 Å². The van der Waals surface area contributed by atoms with Gasteiger partial charge >= 0.3 is 0 Å². The Morgan fingerprint density at radius 3 is 2.17 bits per heavy atom. The highest BCUT2D eigenvalue weighted by atomic mass is 32.1. The Bertz CT molecular complexity index is 19.5. The van der Waals surface area contributed by atoms with Crippen LogP contribution in [0.2, 0.25) is 5.28 Å². The van der Waals surface area contributed by atoms with Crippen LogP contribution in [0.4, 0.5) is 0 Å². The van der Waals surface area contributed by atoms with E-state index in [1.807, 2.05) is 0 Å². The first-order valence-corrected chi connectivity index (χ1v) is 4.57. The van der Waals surface area contributed by atoms with Crippen LogP contribution in [0.15, 0.2) is 0 Å². The summed E-state index contributed by atoms with van der Waals surface area (Å²) in [6, 6.07) is 0. The summed E-state index contributed by atoms with van der Waals surface area (Å²) in [5.74, 6) is 1.07. The Hall–Kier alpha value is 0.882. The monoisotopic (exact) mass is 118 g/mol. The van der Waals surface area contributed by atoms with Crippen molar-refractivity contribution in [3.05, 3.63) is 0 Å². The molecular formula is C4H11AlS. The van der Waals surface area contributed by atoms with Gasteiger partial charge in [0.05, 0.1) is 0 Å². The molecule has 0 amide bonds. The highest BCUT2D eigenvalue weighted by Crippen LogP contribution is 1.92. The largest absolute Gasteiger partial charge is 0.211 e. The summed E-state index contributed by atoms with van der Waals surface area (Å²) < 4.78 is 0. The Morgan fingerprint density at radius 2 is 2.00 bits per heavy atom. The molecule has 0 aromatic heterocycles. The van der Waals surface area contributed by atoms with Gasteiger partial charge in [0.15, 0.2) is 0 Å². The molecule has 0 aromatic rings. The Balaban J connectivity index is 2.34. The lowest BCUT2D eigenvalue weighted by Crippen LogP contribution is -1.73. The maximum absolute atomic E-state index is 4.07. The van der Waals surface area contributed by atoms with Gasteiger partial charge < -0.3 is 0 Å². The van der Waals surface area contributed by atoms with Gasteiger partial charge in [0, 0.05) is 0 Å². The van der Waals surface area contributed by atoms with E-state index in [2.05, 4.69) is 12.6 Å². The Kier molecular flexibility index (Phi) is 6.75. The molecule has 36 valence electrons. The zero-order valence-electron chi connectivity index (χ0n) is 4.28. The van der Waals surface area contributed by atoms with Gasteiger partial charge in [-0.05, 0) is 12.2 Å². The molecule has 2 heteroatoms. The molecule has 0 rings (SSSR count). The molecule has 6 heavy (non-hydrogen) atoms. The topological polar surface area (TPSA) is 0 Å². The number of hydrogen-bond acceptors (Lipinski definition) is 1. The van der Waals surface area contributed by atoms with Crippen molar-refractivity contribution < 1.29 is 0 Å². The molecular weight excluding hydrogens is 107 g/mol. The third-order valence-electron chi connectivity index (χ3n) is 0.762. The second-order valence-electron chi connectivity index (χ2n) is 1.43. The molecule has 0 saturated heterocycles. The van der Waals surface area contributed by atoms with Gasteiger partial charge in [0.1, 0.15) is 0 Å². The van der Waals surface area contributed by atoms with E-state index < -0.39 is 0 Å². The SMILES string of the molecule is [AlH2][CH2]CCCS. The summed E-state index contributed by atoms with van der Waals surface area (Å²) in [5, 5.41) is 1.44. The molecule has 0 aliphatic rings. The average Bonchev–Trinajstić information content (AvgIpc) is 1.61. The minimum Gasteiger partial charge on any atom is -0.179 e. The van der Waals surface area contributed by atoms with Crippen LogP contribution < -0.4 is 0 Å². The fraction of sp³-hybridized carbons (Fsp3) is 1.00. The number of unbranched alkanes of at least 4 members (excludes halogenated alkanes) is 1. The molecule has 0 heterocycles. The Morgan fingerprint density at radius 1 is 1.33 bits per heavy atom. The fourth-order valence-electron chi connectivity index (χ4n) is 0.362. The van der Waals surface area contributed by atoms with Crippen molar-refractivity contribution in [1.29, 1.82) is 0 Å². The molecule has 0 aromatic carbocycles. The van der Waals surface area contributed by atoms with Crippen LogP contribution in [-0.4, -0.2) is 22.0 Å². The number of thiol groups is 1. The van der Waals surface area contributed by atoms with Crippen LogP contribution >= 0.6 is 12.6 Å². The summed E-state index contributed by atoms with van der Waals surface area (Å²) in [5.41, 5.74) is 0. The van der Waals surface area contributed by atoms with Gasteiger partial charge in [-0.25, -0.2) is 0 Å². The third-order valence-corrected chi connectivity index (χ3v) is 1.79. The van der Waals surface area contributed by atoms with Crippen LogP contribution in [0.3, 0.4) is 0 Å². The van der Waals surface area contributed by atoms with E-state index in [9.17, 15) is 0 Å². The van der Waals surface area contributed by atoms with E-state index in [0.717, 1.165) is 5.75 Å². The van der Waals surface area contributed by atoms with Crippen molar-refractivity contribution >= 4 is 28.9 Å². The van der Waals surface area contributed by atoms with Crippen molar-refractivity contribution in [2.45, 2.75) is 18.1 Å². The molecule has 0 fully saturated rings. The number of rotatable bonds is 3. The van der Waals surface area contributed by atoms with Gasteiger partial charge in [-0.3, -0.25) is 0 Å². The maximum atomic E-state index is 4.07. The van der Waals surface area contributed by atoms with E-state index in [0.29, 0.717) is 0 Å². The third kappa shape index (κ3) is 4.88. The highest BCUT2D eigenvalue weighted by Gasteiger charge is 1.76. The normalized spacial score (nSPS) is 8.83. The Labute approximate surface area is 53.2 Å². The van der Waals surface area contributed by atoms with Crippen LogP contribution in [0.25, 0.3) is 0 Å². The molecule has 0 aliphatic heterocycles. The van der Waals surface area contributed by atoms with Crippen LogP contribution in [0.5, 0.6) is 0 Å². The van der Waals surface area contributed by atoms with Crippen molar-refractivity contribution in [3.63, 3.8) is 0 Å². The van der Waals surface area contributed by atoms with Crippen LogP contribution in [0, 0.1) is 0 Å². The average molecular weight is 118 g/mol. The maximum Gasteiger partial charge on any atom is 0.211 e.